The summed E-state index contributed by atoms with van der Waals surface area (Å²) in [5, 5.41) is 0. The molecule has 3 heteroatoms. The minimum atomic E-state index is 0.559. The molecule has 2 unspecified atom stereocenters. The zero-order valence-electron chi connectivity index (χ0n) is 12.2. The summed E-state index contributed by atoms with van der Waals surface area (Å²) in [6, 6.07) is 1.29. The fourth-order valence-corrected chi connectivity index (χ4v) is 3.12. The van der Waals surface area contributed by atoms with E-state index in [9.17, 15) is 0 Å². The molecule has 3 nitrogen and oxygen atoms in total. The molecule has 0 amide bonds. The lowest BCUT2D eigenvalue weighted by Gasteiger charge is -2.41. The van der Waals surface area contributed by atoms with Crippen LogP contribution in [0, 0.1) is 5.92 Å². The maximum absolute atomic E-state index is 5.99. The topological polar surface area (TPSA) is 32.5 Å². The lowest BCUT2D eigenvalue weighted by molar-refractivity contribution is 0.0830. The van der Waals surface area contributed by atoms with Gasteiger partial charge in [-0.3, -0.25) is 4.90 Å². The first kappa shape index (κ1) is 14.9. The summed E-state index contributed by atoms with van der Waals surface area (Å²) in [4.78, 5) is 4.99. The molecule has 0 aromatic heterocycles. The Morgan fingerprint density at radius 2 is 1.94 bits per heavy atom. The quantitative estimate of drug-likeness (QED) is 0.769. The van der Waals surface area contributed by atoms with Gasteiger partial charge in [-0.2, -0.15) is 0 Å². The number of hydrogen-bond donors (Lipinski definition) is 1. The van der Waals surface area contributed by atoms with E-state index in [2.05, 4.69) is 37.7 Å². The maximum Gasteiger partial charge on any atom is 0.0243 e. The molecule has 2 atom stereocenters. The molecule has 1 aliphatic heterocycles. The van der Waals surface area contributed by atoms with E-state index >= 15 is 0 Å². The molecule has 0 saturated carbocycles. The maximum atomic E-state index is 5.99. The second-order valence-electron chi connectivity index (χ2n) is 5.77. The van der Waals surface area contributed by atoms with Crippen molar-refractivity contribution in [2.45, 2.75) is 51.6 Å². The fourth-order valence-electron chi connectivity index (χ4n) is 3.12. The largest absolute Gasteiger partial charge is 0.329 e. The second-order valence-corrected chi connectivity index (χ2v) is 5.77. The molecule has 1 fully saturated rings. The first-order valence-electron chi connectivity index (χ1n) is 7.20. The number of rotatable bonds is 6. The van der Waals surface area contributed by atoms with Crippen molar-refractivity contribution in [1.82, 2.24) is 9.80 Å². The Morgan fingerprint density at radius 1 is 1.35 bits per heavy atom. The molecular weight excluding hydrogens is 210 g/mol. The number of hydrogen-bond acceptors (Lipinski definition) is 3. The highest BCUT2D eigenvalue weighted by molar-refractivity contribution is 4.84. The van der Waals surface area contributed by atoms with Gasteiger partial charge in [-0.15, -0.1) is 0 Å². The normalized spacial score (nSPS) is 22.9. The summed E-state index contributed by atoms with van der Waals surface area (Å²) >= 11 is 0. The van der Waals surface area contributed by atoms with E-state index in [-0.39, 0.29) is 0 Å². The van der Waals surface area contributed by atoms with Crippen molar-refractivity contribution in [3.8, 4) is 0 Å². The van der Waals surface area contributed by atoms with Crippen molar-refractivity contribution < 1.29 is 0 Å². The third-order valence-electron chi connectivity index (χ3n) is 4.43. The van der Waals surface area contributed by atoms with Gasteiger partial charge in [-0.25, -0.2) is 0 Å². The van der Waals surface area contributed by atoms with Crippen molar-refractivity contribution in [3.05, 3.63) is 0 Å². The highest BCUT2D eigenvalue weighted by Gasteiger charge is 2.27. The van der Waals surface area contributed by atoms with Crippen LogP contribution in [-0.2, 0) is 0 Å². The molecule has 2 N–H and O–H groups in total. The molecule has 1 rings (SSSR count). The van der Waals surface area contributed by atoms with E-state index in [1.807, 2.05) is 0 Å². The molecule has 1 heterocycles. The van der Waals surface area contributed by atoms with E-state index < -0.39 is 0 Å². The highest BCUT2D eigenvalue weighted by Crippen LogP contribution is 2.21. The highest BCUT2D eigenvalue weighted by atomic mass is 15.2. The first-order chi connectivity index (χ1) is 8.10. The van der Waals surface area contributed by atoms with Gasteiger partial charge >= 0.3 is 0 Å². The predicted molar refractivity (Wildman–Crippen MR) is 75.2 cm³/mol. The fraction of sp³-hybridized carbons (Fsp3) is 1.00. The molecule has 0 radical (unpaired) electrons. The van der Waals surface area contributed by atoms with Gasteiger partial charge in [0.1, 0.15) is 0 Å². The minimum Gasteiger partial charge on any atom is -0.329 e. The first-order valence-corrected chi connectivity index (χ1v) is 7.20. The van der Waals surface area contributed by atoms with Crippen LogP contribution in [0.25, 0.3) is 0 Å². The minimum absolute atomic E-state index is 0.559. The van der Waals surface area contributed by atoms with Crippen molar-refractivity contribution in [1.29, 1.82) is 0 Å². The van der Waals surface area contributed by atoms with Crippen LogP contribution in [0.4, 0.5) is 0 Å². The number of piperidine rings is 1. The molecule has 0 aromatic carbocycles. The Balaban J connectivity index is 2.50. The van der Waals surface area contributed by atoms with Crippen molar-refractivity contribution >= 4 is 0 Å². The Labute approximate surface area is 107 Å². The number of likely N-dealkylation sites (tertiary alicyclic amines) is 1. The van der Waals surface area contributed by atoms with Crippen molar-refractivity contribution in [2.24, 2.45) is 11.7 Å². The zero-order valence-corrected chi connectivity index (χ0v) is 12.2. The Hall–Kier alpha value is -0.120. The average molecular weight is 241 g/mol. The van der Waals surface area contributed by atoms with Gasteiger partial charge < -0.3 is 10.6 Å². The molecule has 0 aliphatic carbocycles. The van der Waals surface area contributed by atoms with Crippen LogP contribution >= 0.6 is 0 Å². The van der Waals surface area contributed by atoms with Crippen LogP contribution in [0.5, 0.6) is 0 Å². The van der Waals surface area contributed by atoms with E-state index in [4.69, 9.17) is 5.73 Å². The molecule has 17 heavy (non-hydrogen) atoms. The second kappa shape index (κ2) is 7.34. The van der Waals surface area contributed by atoms with E-state index in [1.165, 1.54) is 38.8 Å². The van der Waals surface area contributed by atoms with Crippen molar-refractivity contribution in [3.63, 3.8) is 0 Å². The summed E-state index contributed by atoms with van der Waals surface area (Å²) in [6.07, 6.45) is 5.14. The van der Waals surface area contributed by atoms with E-state index in [0.29, 0.717) is 6.04 Å². The predicted octanol–water partition coefficient (Wildman–Crippen LogP) is 1.78. The van der Waals surface area contributed by atoms with Crippen LogP contribution in [0.1, 0.15) is 39.5 Å². The lowest BCUT2D eigenvalue weighted by Crippen LogP contribution is -2.51. The van der Waals surface area contributed by atoms with Gasteiger partial charge in [-0.05, 0) is 52.4 Å². The molecule has 0 aromatic rings. The molecule has 102 valence electrons. The van der Waals surface area contributed by atoms with E-state index in [1.54, 1.807) is 0 Å². The van der Waals surface area contributed by atoms with Crippen LogP contribution in [-0.4, -0.2) is 55.6 Å². The van der Waals surface area contributed by atoms with Gasteiger partial charge in [0.2, 0.25) is 0 Å². The van der Waals surface area contributed by atoms with Gasteiger partial charge in [0.25, 0.3) is 0 Å². The van der Waals surface area contributed by atoms with Crippen LogP contribution in [0.3, 0.4) is 0 Å². The number of likely N-dealkylation sites (N-methyl/N-ethyl adjacent to an activating group) is 1. The van der Waals surface area contributed by atoms with Gasteiger partial charge in [-0.1, -0.05) is 20.3 Å². The van der Waals surface area contributed by atoms with Crippen molar-refractivity contribution in [2.75, 3.05) is 33.7 Å². The van der Waals surface area contributed by atoms with Gasteiger partial charge in [0, 0.05) is 18.6 Å². The summed E-state index contributed by atoms with van der Waals surface area (Å²) in [7, 11) is 4.50. The Kier molecular flexibility index (Phi) is 6.45. The Bertz CT molecular complexity index is 200. The summed E-state index contributed by atoms with van der Waals surface area (Å²) in [6.45, 7) is 7.87. The molecule has 1 aliphatic rings. The van der Waals surface area contributed by atoms with Gasteiger partial charge in [0.05, 0.1) is 0 Å². The van der Waals surface area contributed by atoms with Crippen LogP contribution in [0.15, 0.2) is 0 Å². The van der Waals surface area contributed by atoms with E-state index in [0.717, 1.165) is 18.5 Å². The standard InChI is InChI=1S/C14H31N3/c1-5-6-12(2)14(11-15)17(4)13-7-9-16(3)10-8-13/h12-14H,5-11,15H2,1-4H3. The lowest BCUT2D eigenvalue weighted by atomic mass is 9.93. The molecule has 0 bridgehead atoms. The Morgan fingerprint density at radius 3 is 2.41 bits per heavy atom. The van der Waals surface area contributed by atoms with Crippen LogP contribution in [0.2, 0.25) is 0 Å². The number of nitrogens with two attached hydrogens (primary N) is 1. The monoisotopic (exact) mass is 241 g/mol. The SMILES string of the molecule is CCCC(C)C(CN)N(C)C1CCN(C)CC1. The summed E-state index contributed by atoms with van der Waals surface area (Å²) in [5.74, 6) is 0.717. The smallest absolute Gasteiger partial charge is 0.0243 e. The molecule has 1 saturated heterocycles. The van der Waals surface area contributed by atoms with Crippen LogP contribution < -0.4 is 5.73 Å². The molecule has 0 spiro atoms. The zero-order chi connectivity index (χ0) is 12.8. The number of nitrogens with zero attached hydrogens (tertiary/aromatic N) is 2. The third-order valence-corrected chi connectivity index (χ3v) is 4.43. The average Bonchev–Trinajstić information content (AvgIpc) is 2.31. The third kappa shape index (κ3) is 4.23. The molecular formula is C14H31N3. The van der Waals surface area contributed by atoms with Gasteiger partial charge in [0.15, 0.2) is 0 Å². The summed E-state index contributed by atoms with van der Waals surface area (Å²) in [5.41, 5.74) is 5.99. The summed E-state index contributed by atoms with van der Waals surface area (Å²) < 4.78 is 0.